The number of hydrogen-bond donors (Lipinski definition) is 2. The van der Waals surface area contributed by atoms with Gasteiger partial charge in [0.05, 0.1) is 5.56 Å². The molecular weight excluding hydrogens is 292 g/mol. The van der Waals surface area contributed by atoms with E-state index in [1.54, 1.807) is 41.6 Å². The minimum absolute atomic E-state index is 0.0470. The fraction of sp³-hybridized carbons (Fsp3) is 0.471. The average Bonchev–Trinajstić information content (AvgIpc) is 3.13. The fourth-order valence-electron chi connectivity index (χ4n) is 2.62. The van der Waals surface area contributed by atoms with E-state index >= 15 is 0 Å². The Kier molecular flexibility index (Phi) is 5.87. The summed E-state index contributed by atoms with van der Waals surface area (Å²) in [6.45, 7) is 4.88. The molecule has 0 aliphatic carbocycles. The Balaban J connectivity index is 2.00. The van der Waals surface area contributed by atoms with Gasteiger partial charge in [-0.05, 0) is 36.8 Å². The van der Waals surface area contributed by atoms with Crippen LogP contribution in [-0.2, 0) is 0 Å². The van der Waals surface area contributed by atoms with Crippen molar-refractivity contribution in [3.63, 3.8) is 0 Å². The molecule has 0 saturated carbocycles. The van der Waals surface area contributed by atoms with Crippen LogP contribution in [0.2, 0.25) is 0 Å². The van der Waals surface area contributed by atoms with E-state index in [1.165, 1.54) is 0 Å². The number of carbonyl (C=O) groups is 1. The second kappa shape index (κ2) is 7.87. The standard InChI is InChI=1S/C17H24N4O2/c1-3-17(4-2,7-10-22)12-20-16(23)14-5-6-15(19-11-14)21-9-8-18-13-21/h5-6,8-9,11,13,22H,3-4,7,10,12H2,1-2H3,(H,20,23). The van der Waals surface area contributed by atoms with Gasteiger partial charge in [0.2, 0.25) is 0 Å². The lowest BCUT2D eigenvalue weighted by atomic mass is 9.79. The Labute approximate surface area is 136 Å². The monoisotopic (exact) mass is 316 g/mol. The van der Waals surface area contributed by atoms with Crippen LogP contribution in [0.1, 0.15) is 43.5 Å². The second-order valence-electron chi connectivity index (χ2n) is 5.74. The van der Waals surface area contributed by atoms with Gasteiger partial charge in [0.15, 0.2) is 0 Å². The van der Waals surface area contributed by atoms with Crippen molar-refractivity contribution in [3.05, 3.63) is 42.6 Å². The van der Waals surface area contributed by atoms with Crippen molar-refractivity contribution in [2.75, 3.05) is 13.2 Å². The van der Waals surface area contributed by atoms with Gasteiger partial charge < -0.3 is 10.4 Å². The van der Waals surface area contributed by atoms with E-state index in [0.717, 1.165) is 18.7 Å². The average molecular weight is 316 g/mol. The highest BCUT2D eigenvalue weighted by Gasteiger charge is 2.26. The van der Waals surface area contributed by atoms with Gasteiger partial charge >= 0.3 is 0 Å². The summed E-state index contributed by atoms with van der Waals surface area (Å²) in [4.78, 5) is 20.6. The van der Waals surface area contributed by atoms with Crippen LogP contribution in [0, 0.1) is 5.41 Å². The molecular formula is C17H24N4O2. The third kappa shape index (κ3) is 4.16. The van der Waals surface area contributed by atoms with Gasteiger partial charge in [0.25, 0.3) is 5.91 Å². The quantitative estimate of drug-likeness (QED) is 0.782. The summed E-state index contributed by atoms with van der Waals surface area (Å²) in [6, 6.07) is 3.54. The molecule has 2 aromatic rings. The number of amides is 1. The maximum atomic E-state index is 12.3. The Morgan fingerprint density at radius 2 is 2.13 bits per heavy atom. The lowest BCUT2D eigenvalue weighted by Crippen LogP contribution is -2.37. The van der Waals surface area contributed by atoms with Gasteiger partial charge in [-0.25, -0.2) is 9.97 Å². The number of aromatic nitrogens is 3. The molecule has 2 heterocycles. The van der Waals surface area contributed by atoms with Crippen LogP contribution in [0.4, 0.5) is 0 Å². The molecule has 0 aliphatic rings. The Hall–Kier alpha value is -2.21. The summed E-state index contributed by atoms with van der Waals surface area (Å²) in [5, 5.41) is 12.2. The first-order valence-electron chi connectivity index (χ1n) is 7.97. The maximum Gasteiger partial charge on any atom is 0.252 e. The van der Waals surface area contributed by atoms with Crippen LogP contribution in [0.3, 0.4) is 0 Å². The van der Waals surface area contributed by atoms with E-state index in [4.69, 9.17) is 0 Å². The lowest BCUT2D eigenvalue weighted by Gasteiger charge is -2.31. The number of nitrogens with zero attached hydrogens (tertiary/aromatic N) is 3. The van der Waals surface area contributed by atoms with Gasteiger partial charge in [-0.1, -0.05) is 13.8 Å². The number of hydrogen-bond acceptors (Lipinski definition) is 4. The minimum atomic E-state index is -0.140. The molecule has 2 aromatic heterocycles. The van der Waals surface area contributed by atoms with Gasteiger partial charge in [-0.15, -0.1) is 0 Å². The van der Waals surface area contributed by atoms with Crippen LogP contribution in [0.5, 0.6) is 0 Å². The number of nitrogens with one attached hydrogen (secondary N) is 1. The highest BCUT2D eigenvalue weighted by Crippen LogP contribution is 2.29. The van der Waals surface area contributed by atoms with Crippen molar-refractivity contribution in [1.29, 1.82) is 0 Å². The van der Waals surface area contributed by atoms with E-state index in [-0.39, 0.29) is 17.9 Å². The van der Waals surface area contributed by atoms with Gasteiger partial charge in [-0.2, -0.15) is 0 Å². The van der Waals surface area contributed by atoms with Crippen LogP contribution in [-0.4, -0.2) is 38.7 Å². The summed E-state index contributed by atoms with van der Waals surface area (Å²) < 4.78 is 1.78. The summed E-state index contributed by atoms with van der Waals surface area (Å²) in [7, 11) is 0. The smallest absolute Gasteiger partial charge is 0.252 e. The molecule has 0 fully saturated rings. The molecule has 0 spiro atoms. The van der Waals surface area contributed by atoms with E-state index < -0.39 is 0 Å². The van der Waals surface area contributed by atoms with Crippen molar-refractivity contribution in [2.45, 2.75) is 33.1 Å². The van der Waals surface area contributed by atoms with Crippen LogP contribution >= 0.6 is 0 Å². The predicted molar refractivity (Wildman–Crippen MR) is 88.4 cm³/mol. The number of aliphatic hydroxyl groups is 1. The lowest BCUT2D eigenvalue weighted by molar-refractivity contribution is 0.0907. The molecule has 0 bridgehead atoms. The number of aliphatic hydroxyl groups excluding tert-OH is 1. The van der Waals surface area contributed by atoms with Crippen molar-refractivity contribution < 1.29 is 9.90 Å². The molecule has 6 heteroatoms. The normalized spacial score (nSPS) is 11.4. The minimum Gasteiger partial charge on any atom is -0.396 e. The van der Waals surface area contributed by atoms with E-state index in [9.17, 15) is 9.90 Å². The highest BCUT2D eigenvalue weighted by molar-refractivity contribution is 5.93. The highest BCUT2D eigenvalue weighted by atomic mass is 16.3. The first-order valence-corrected chi connectivity index (χ1v) is 7.97. The molecule has 0 aromatic carbocycles. The number of imidazole rings is 1. The van der Waals surface area contributed by atoms with Gasteiger partial charge in [-0.3, -0.25) is 9.36 Å². The molecule has 0 aliphatic heterocycles. The Bertz CT molecular complexity index is 604. The zero-order valence-corrected chi connectivity index (χ0v) is 13.7. The Morgan fingerprint density at radius 3 is 2.65 bits per heavy atom. The first-order chi connectivity index (χ1) is 11.1. The first kappa shape index (κ1) is 17.1. The van der Waals surface area contributed by atoms with Crippen LogP contribution in [0.15, 0.2) is 37.1 Å². The number of carbonyl (C=O) groups excluding carboxylic acids is 1. The van der Waals surface area contributed by atoms with E-state index in [0.29, 0.717) is 18.5 Å². The van der Waals surface area contributed by atoms with E-state index in [1.807, 2.05) is 0 Å². The van der Waals surface area contributed by atoms with Gasteiger partial charge in [0.1, 0.15) is 12.1 Å². The molecule has 2 rings (SSSR count). The third-order valence-corrected chi connectivity index (χ3v) is 4.55. The second-order valence-corrected chi connectivity index (χ2v) is 5.74. The molecule has 0 saturated heterocycles. The topological polar surface area (TPSA) is 80.0 Å². The van der Waals surface area contributed by atoms with Crippen molar-refractivity contribution in [3.8, 4) is 5.82 Å². The summed E-state index contributed by atoms with van der Waals surface area (Å²) in [5.74, 6) is 0.578. The molecule has 0 radical (unpaired) electrons. The maximum absolute atomic E-state index is 12.3. The number of rotatable bonds is 8. The van der Waals surface area contributed by atoms with Gasteiger partial charge in [0, 0.05) is 31.7 Å². The molecule has 1 amide bonds. The van der Waals surface area contributed by atoms with E-state index in [2.05, 4.69) is 29.1 Å². The molecule has 124 valence electrons. The van der Waals surface area contributed by atoms with Crippen molar-refractivity contribution >= 4 is 5.91 Å². The largest absolute Gasteiger partial charge is 0.396 e. The number of pyridine rings is 1. The molecule has 6 nitrogen and oxygen atoms in total. The molecule has 23 heavy (non-hydrogen) atoms. The Morgan fingerprint density at radius 1 is 1.35 bits per heavy atom. The summed E-state index contributed by atoms with van der Waals surface area (Å²) in [5.41, 5.74) is 0.480. The molecule has 0 unspecified atom stereocenters. The third-order valence-electron chi connectivity index (χ3n) is 4.55. The predicted octanol–water partition coefficient (Wildman–Crippen LogP) is 2.19. The summed E-state index contributed by atoms with van der Waals surface area (Å²) >= 11 is 0. The fourth-order valence-corrected chi connectivity index (χ4v) is 2.62. The van der Waals surface area contributed by atoms with Crippen molar-refractivity contribution in [1.82, 2.24) is 19.9 Å². The molecule has 0 atom stereocenters. The molecule has 2 N–H and O–H groups in total. The zero-order chi connectivity index (χ0) is 16.7. The SMILES string of the molecule is CCC(CC)(CCO)CNC(=O)c1ccc(-n2ccnc2)nc1. The zero-order valence-electron chi connectivity index (χ0n) is 13.7. The van der Waals surface area contributed by atoms with Crippen LogP contribution in [0.25, 0.3) is 5.82 Å². The van der Waals surface area contributed by atoms with Crippen LogP contribution < -0.4 is 5.32 Å². The summed E-state index contributed by atoms with van der Waals surface area (Å²) in [6.07, 6.45) is 9.23. The van der Waals surface area contributed by atoms with Crippen molar-refractivity contribution in [2.24, 2.45) is 5.41 Å².